The quantitative estimate of drug-likeness (QED) is 0.842. The number of benzene rings is 1. The van der Waals surface area contributed by atoms with Crippen LogP contribution >= 0.6 is 0 Å². The minimum atomic E-state index is -0.779. The summed E-state index contributed by atoms with van der Waals surface area (Å²) in [5.41, 5.74) is 1.55. The number of hydrogen-bond donors (Lipinski definition) is 1. The third-order valence-electron chi connectivity index (χ3n) is 2.62. The van der Waals surface area contributed by atoms with E-state index in [1.165, 1.54) is 0 Å². The number of aliphatic carboxylic acids is 1. The Morgan fingerprint density at radius 3 is 2.12 bits per heavy atom. The predicted octanol–water partition coefficient (Wildman–Crippen LogP) is 3.54. The Balaban J connectivity index is 3.12. The van der Waals surface area contributed by atoms with E-state index in [9.17, 15) is 9.90 Å². The van der Waals surface area contributed by atoms with Crippen LogP contribution in [0.1, 0.15) is 37.8 Å². The molecule has 0 saturated carbocycles. The lowest BCUT2D eigenvalue weighted by Gasteiger charge is -2.27. The first-order valence-electron chi connectivity index (χ1n) is 5.31. The van der Waals surface area contributed by atoms with Gasteiger partial charge in [0.1, 0.15) is 0 Å². The van der Waals surface area contributed by atoms with Gasteiger partial charge in [-0.1, -0.05) is 57.7 Å². The van der Waals surface area contributed by atoms with Gasteiger partial charge in [-0.25, -0.2) is 0 Å². The van der Waals surface area contributed by atoms with Gasteiger partial charge in [-0.05, 0) is 16.5 Å². The highest BCUT2D eigenvalue weighted by Crippen LogP contribution is 2.35. The van der Waals surface area contributed by atoms with Gasteiger partial charge >= 0.3 is 5.97 Å². The van der Waals surface area contributed by atoms with Gasteiger partial charge in [0.15, 0.2) is 0 Å². The Morgan fingerprint density at radius 1 is 1.31 bits per heavy atom. The van der Waals surface area contributed by atoms with Crippen LogP contribution in [0, 0.1) is 5.41 Å². The molecule has 0 aliphatic carbocycles. The fourth-order valence-corrected chi connectivity index (χ4v) is 1.84. The van der Waals surface area contributed by atoms with E-state index in [-0.39, 0.29) is 5.41 Å². The van der Waals surface area contributed by atoms with Crippen LogP contribution in [0.5, 0.6) is 0 Å². The molecule has 0 aromatic heterocycles. The second-order valence-corrected chi connectivity index (χ2v) is 5.01. The third-order valence-corrected chi connectivity index (χ3v) is 2.62. The molecule has 0 bridgehead atoms. The first kappa shape index (κ1) is 12.5. The SMILES string of the molecule is C=Cc1ccc(C(C(=O)O)C(C)(C)C)cc1. The highest BCUT2D eigenvalue weighted by molar-refractivity contribution is 5.77. The largest absolute Gasteiger partial charge is 0.481 e. The van der Waals surface area contributed by atoms with Crippen LogP contribution in [0.25, 0.3) is 6.08 Å². The lowest BCUT2D eigenvalue weighted by molar-refractivity contribution is -0.141. The van der Waals surface area contributed by atoms with E-state index in [0.29, 0.717) is 0 Å². The molecular formula is C14H18O2. The Morgan fingerprint density at radius 2 is 1.81 bits per heavy atom. The van der Waals surface area contributed by atoms with Crippen LogP contribution in [0.4, 0.5) is 0 Å². The van der Waals surface area contributed by atoms with E-state index >= 15 is 0 Å². The van der Waals surface area contributed by atoms with Crippen LogP contribution in [0.2, 0.25) is 0 Å². The van der Waals surface area contributed by atoms with E-state index in [1.54, 1.807) is 6.08 Å². The van der Waals surface area contributed by atoms with Crippen LogP contribution < -0.4 is 0 Å². The molecule has 1 unspecified atom stereocenters. The predicted molar refractivity (Wildman–Crippen MR) is 66.4 cm³/mol. The van der Waals surface area contributed by atoms with Crippen molar-refractivity contribution in [2.45, 2.75) is 26.7 Å². The first-order valence-corrected chi connectivity index (χ1v) is 5.31. The highest BCUT2D eigenvalue weighted by Gasteiger charge is 2.32. The van der Waals surface area contributed by atoms with Crippen molar-refractivity contribution in [2.75, 3.05) is 0 Å². The van der Waals surface area contributed by atoms with Crippen LogP contribution in [0.3, 0.4) is 0 Å². The van der Waals surface area contributed by atoms with Gasteiger partial charge in [-0.15, -0.1) is 0 Å². The van der Waals surface area contributed by atoms with Crippen molar-refractivity contribution in [3.63, 3.8) is 0 Å². The molecule has 0 heterocycles. The monoisotopic (exact) mass is 218 g/mol. The number of carboxylic acid groups (broad SMARTS) is 1. The summed E-state index contributed by atoms with van der Waals surface area (Å²) in [7, 11) is 0. The molecule has 0 saturated heterocycles. The highest BCUT2D eigenvalue weighted by atomic mass is 16.4. The second kappa shape index (κ2) is 4.52. The van der Waals surface area contributed by atoms with E-state index in [2.05, 4.69) is 6.58 Å². The minimum absolute atomic E-state index is 0.290. The van der Waals surface area contributed by atoms with E-state index in [4.69, 9.17) is 0 Å². The van der Waals surface area contributed by atoms with Crippen molar-refractivity contribution in [1.29, 1.82) is 0 Å². The summed E-state index contributed by atoms with van der Waals surface area (Å²) in [5, 5.41) is 9.27. The number of hydrogen-bond acceptors (Lipinski definition) is 1. The van der Waals surface area contributed by atoms with Gasteiger partial charge in [0.2, 0.25) is 0 Å². The summed E-state index contributed by atoms with van der Waals surface area (Å²) in [6.07, 6.45) is 1.75. The summed E-state index contributed by atoms with van der Waals surface area (Å²) < 4.78 is 0. The number of carboxylic acids is 1. The van der Waals surface area contributed by atoms with Crippen LogP contribution in [-0.2, 0) is 4.79 Å². The maximum absolute atomic E-state index is 11.3. The molecule has 1 rings (SSSR count). The van der Waals surface area contributed by atoms with Gasteiger partial charge in [0.25, 0.3) is 0 Å². The molecule has 2 nitrogen and oxygen atoms in total. The first-order chi connectivity index (χ1) is 7.36. The van der Waals surface area contributed by atoms with Crippen molar-refractivity contribution in [3.8, 4) is 0 Å². The molecule has 2 heteroatoms. The summed E-state index contributed by atoms with van der Waals surface area (Å²) in [6.45, 7) is 9.49. The summed E-state index contributed by atoms with van der Waals surface area (Å²) in [6, 6.07) is 7.51. The molecule has 1 aromatic carbocycles. The summed E-state index contributed by atoms with van der Waals surface area (Å²) in [4.78, 5) is 11.3. The molecule has 1 atom stereocenters. The van der Waals surface area contributed by atoms with Crippen molar-refractivity contribution >= 4 is 12.0 Å². The molecule has 0 aliphatic rings. The third kappa shape index (κ3) is 2.72. The second-order valence-electron chi connectivity index (χ2n) is 5.01. The van der Waals surface area contributed by atoms with Gasteiger partial charge < -0.3 is 5.11 Å². The van der Waals surface area contributed by atoms with E-state index in [0.717, 1.165) is 11.1 Å². The maximum Gasteiger partial charge on any atom is 0.311 e. The van der Waals surface area contributed by atoms with Crippen LogP contribution in [0.15, 0.2) is 30.8 Å². The molecule has 0 spiro atoms. The minimum Gasteiger partial charge on any atom is -0.481 e. The van der Waals surface area contributed by atoms with Crippen molar-refractivity contribution < 1.29 is 9.90 Å². The van der Waals surface area contributed by atoms with Crippen molar-refractivity contribution in [2.24, 2.45) is 5.41 Å². The molecule has 0 radical (unpaired) electrons. The Kier molecular flexibility index (Phi) is 3.53. The Labute approximate surface area is 96.6 Å². The fourth-order valence-electron chi connectivity index (χ4n) is 1.84. The summed E-state index contributed by atoms with van der Waals surface area (Å²) >= 11 is 0. The van der Waals surface area contributed by atoms with Crippen molar-refractivity contribution in [1.82, 2.24) is 0 Å². The lowest BCUT2D eigenvalue weighted by Crippen LogP contribution is -2.26. The van der Waals surface area contributed by atoms with Gasteiger partial charge in [0.05, 0.1) is 5.92 Å². The lowest BCUT2D eigenvalue weighted by atomic mass is 9.76. The molecule has 16 heavy (non-hydrogen) atoms. The zero-order valence-corrected chi connectivity index (χ0v) is 10.0. The Hall–Kier alpha value is -1.57. The van der Waals surface area contributed by atoms with Gasteiger partial charge in [-0.3, -0.25) is 4.79 Å². The van der Waals surface area contributed by atoms with Gasteiger partial charge in [0, 0.05) is 0 Å². The van der Waals surface area contributed by atoms with E-state index in [1.807, 2.05) is 45.0 Å². The molecule has 0 aliphatic heterocycles. The number of carbonyl (C=O) groups is 1. The van der Waals surface area contributed by atoms with Gasteiger partial charge in [-0.2, -0.15) is 0 Å². The fraction of sp³-hybridized carbons (Fsp3) is 0.357. The smallest absolute Gasteiger partial charge is 0.311 e. The molecule has 1 N–H and O–H groups in total. The zero-order chi connectivity index (χ0) is 12.3. The standard InChI is InChI=1S/C14H18O2/c1-5-10-6-8-11(9-7-10)12(13(15)16)14(2,3)4/h5-9,12H,1H2,2-4H3,(H,15,16). The molecular weight excluding hydrogens is 200 g/mol. The molecule has 0 amide bonds. The average Bonchev–Trinajstić information content (AvgIpc) is 2.16. The maximum atomic E-state index is 11.3. The topological polar surface area (TPSA) is 37.3 Å². The Bertz CT molecular complexity index is 382. The number of rotatable bonds is 3. The van der Waals surface area contributed by atoms with E-state index < -0.39 is 11.9 Å². The molecule has 86 valence electrons. The molecule has 0 fully saturated rings. The summed E-state index contributed by atoms with van der Waals surface area (Å²) in [5.74, 6) is -1.26. The van der Waals surface area contributed by atoms with Crippen molar-refractivity contribution in [3.05, 3.63) is 42.0 Å². The normalized spacial score (nSPS) is 13.2. The zero-order valence-electron chi connectivity index (χ0n) is 10.0. The average molecular weight is 218 g/mol. The molecule has 1 aromatic rings. The van der Waals surface area contributed by atoms with Crippen LogP contribution in [-0.4, -0.2) is 11.1 Å².